The lowest BCUT2D eigenvalue weighted by Crippen LogP contribution is -2.10. The summed E-state index contributed by atoms with van der Waals surface area (Å²) in [6.07, 6.45) is 7.21. The van der Waals surface area contributed by atoms with Crippen molar-refractivity contribution in [2.45, 2.75) is 32.6 Å². The topological polar surface area (TPSA) is 68.7 Å². The number of aromatic nitrogens is 1. The molecule has 1 unspecified atom stereocenters. The third kappa shape index (κ3) is 6.03. The largest absolute Gasteiger partial charge is 0.507 e. The Morgan fingerprint density at radius 2 is 1.67 bits per heavy atom. The van der Waals surface area contributed by atoms with Crippen molar-refractivity contribution in [3.8, 4) is 17.2 Å². The first-order valence-corrected chi connectivity index (χ1v) is 12.0. The number of methoxy groups -OCH3 is 1. The summed E-state index contributed by atoms with van der Waals surface area (Å²) >= 11 is 7.12. The maximum atomic E-state index is 11.9. The number of nitrogens with zero attached hydrogens (tertiary/aromatic N) is 1. The van der Waals surface area contributed by atoms with Crippen LogP contribution in [-0.4, -0.2) is 23.2 Å². The van der Waals surface area contributed by atoms with Gasteiger partial charge < -0.3 is 14.6 Å². The molecule has 5 nitrogen and oxygen atoms in total. The van der Waals surface area contributed by atoms with Crippen molar-refractivity contribution in [3.05, 3.63) is 80.0 Å². The van der Waals surface area contributed by atoms with Crippen molar-refractivity contribution in [3.63, 3.8) is 0 Å². The van der Waals surface area contributed by atoms with Crippen LogP contribution in [0.2, 0.25) is 0 Å². The molecule has 0 aliphatic rings. The zero-order valence-electron chi connectivity index (χ0n) is 18.8. The zero-order valence-corrected chi connectivity index (χ0v) is 22.0. The van der Waals surface area contributed by atoms with Crippen molar-refractivity contribution in [1.82, 2.24) is 4.98 Å². The van der Waals surface area contributed by atoms with E-state index in [4.69, 9.17) is 9.47 Å². The second-order valence-corrected chi connectivity index (χ2v) is 9.59. The molecule has 1 N–H and O–H groups in total. The molecule has 3 rings (SSSR count). The number of hydrogen-bond donors (Lipinski definition) is 1. The molecule has 1 atom stereocenters. The average molecular weight is 575 g/mol. The lowest BCUT2D eigenvalue weighted by molar-refractivity contribution is -0.141. The van der Waals surface area contributed by atoms with Gasteiger partial charge in [0.05, 0.1) is 22.0 Å². The van der Waals surface area contributed by atoms with Gasteiger partial charge in [-0.15, -0.1) is 0 Å². The highest BCUT2D eigenvalue weighted by Gasteiger charge is 2.20. The van der Waals surface area contributed by atoms with Crippen LogP contribution in [0.25, 0.3) is 12.2 Å². The fourth-order valence-electron chi connectivity index (χ4n) is 3.30. The summed E-state index contributed by atoms with van der Waals surface area (Å²) in [5, 5.41) is 10.8. The van der Waals surface area contributed by atoms with Crippen LogP contribution in [0.1, 0.15) is 54.9 Å². The van der Waals surface area contributed by atoms with Gasteiger partial charge in [0.25, 0.3) is 0 Å². The Kier molecular flexibility index (Phi) is 8.32. The number of halogens is 2. The van der Waals surface area contributed by atoms with E-state index in [-0.39, 0.29) is 17.6 Å². The van der Waals surface area contributed by atoms with Crippen molar-refractivity contribution >= 4 is 50.0 Å². The summed E-state index contributed by atoms with van der Waals surface area (Å²) in [5.41, 5.74) is 3.20. The van der Waals surface area contributed by atoms with E-state index < -0.39 is 5.92 Å². The van der Waals surface area contributed by atoms with Crippen LogP contribution in [0.5, 0.6) is 17.2 Å². The third-order valence-corrected chi connectivity index (χ3v) is 6.40. The van der Waals surface area contributed by atoms with Gasteiger partial charge in [-0.1, -0.05) is 26.0 Å². The minimum absolute atomic E-state index is 0.0942. The smallest absolute Gasteiger partial charge is 0.312 e. The Morgan fingerprint density at radius 1 is 1.03 bits per heavy atom. The molecule has 2 aromatic carbocycles. The van der Waals surface area contributed by atoms with Crippen LogP contribution in [0.3, 0.4) is 0 Å². The van der Waals surface area contributed by atoms with Crippen LogP contribution in [-0.2, 0) is 9.53 Å². The van der Waals surface area contributed by atoms with E-state index in [2.05, 4.69) is 36.8 Å². The van der Waals surface area contributed by atoms with Crippen molar-refractivity contribution in [1.29, 1.82) is 0 Å². The third-order valence-electron chi connectivity index (χ3n) is 5.22. The number of esters is 1. The van der Waals surface area contributed by atoms with E-state index in [1.807, 2.05) is 56.3 Å². The maximum Gasteiger partial charge on any atom is 0.312 e. The number of benzene rings is 2. The second-order valence-electron chi connectivity index (χ2n) is 7.88. The summed E-state index contributed by atoms with van der Waals surface area (Å²) in [4.78, 5) is 16.0. The number of hydrogen-bond acceptors (Lipinski definition) is 5. The van der Waals surface area contributed by atoms with Gasteiger partial charge in [-0.3, -0.25) is 9.78 Å². The molecule has 0 aliphatic heterocycles. The Morgan fingerprint density at radius 3 is 2.24 bits per heavy atom. The number of aromatic hydroxyl groups is 1. The molecule has 0 amide bonds. The van der Waals surface area contributed by atoms with Gasteiger partial charge in [0, 0.05) is 23.5 Å². The highest BCUT2D eigenvalue weighted by atomic mass is 79.9. The normalized spacial score (nSPS) is 12.2. The maximum absolute atomic E-state index is 11.9. The predicted octanol–water partition coefficient (Wildman–Crippen LogP) is 7.67. The van der Waals surface area contributed by atoms with E-state index in [1.54, 1.807) is 25.4 Å². The first-order chi connectivity index (χ1) is 15.7. The van der Waals surface area contributed by atoms with Gasteiger partial charge in [-0.05, 0) is 92.2 Å². The average Bonchev–Trinajstić information content (AvgIpc) is 2.80. The quantitative estimate of drug-likeness (QED) is 0.293. The molecule has 1 heterocycles. The molecule has 7 heteroatoms. The monoisotopic (exact) mass is 573 g/mol. The van der Waals surface area contributed by atoms with E-state index >= 15 is 0 Å². The second kappa shape index (κ2) is 11.0. The molecule has 0 radical (unpaired) electrons. The van der Waals surface area contributed by atoms with E-state index in [1.165, 1.54) is 7.11 Å². The first-order valence-electron chi connectivity index (χ1n) is 10.4. The molecule has 0 bridgehead atoms. The molecule has 0 saturated carbocycles. The summed E-state index contributed by atoms with van der Waals surface area (Å²) < 4.78 is 12.5. The van der Waals surface area contributed by atoms with Crippen molar-refractivity contribution < 1.29 is 19.4 Å². The Bertz CT molecular complexity index is 1150. The number of phenols is 1. The number of rotatable bonds is 7. The van der Waals surface area contributed by atoms with E-state index in [0.717, 1.165) is 16.7 Å². The number of carbonyl (C=O) groups excluding carboxylic acids is 1. The summed E-state index contributed by atoms with van der Waals surface area (Å²) in [6, 6.07) is 11.1. The summed E-state index contributed by atoms with van der Waals surface area (Å²) in [5.74, 6) is 0.747. The standard InChI is InChI=1S/C26H25Br2NO4/c1-15(2)21-14-20(11-18(24(21)30)6-5-17-7-9-29-10-8-17)33-25-22(27)12-19(13-23(25)28)16(3)26(31)32-4/h5-16,30H,1-4H3/b6-5+. The minimum atomic E-state index is -0.414. The van der Waals surface area contributed by atoms with Gasteiger partial charge in [0.1, 0.15) is 11.5 Å². The lowest BCUT2D eigenvalue weighted by Gasteiger charge is -2.17. The van der Waals surface area contributed by atoms with Gasteiger partial charge >= 0.3 is 5.97 Å². The number of carbonyl (C=O) groups is 1. The molecular formula is C26H25Br2NO4. The van der Waals surface area contributed by atoms with Crippen LogP contribution < -0.4 is 4.74 Å². The molecule has 3 aromatic rings. The van der Waals surface area contributed by atoms with Crippen molar-refractivity contribution in [2.24, 2.45) is 0 Å². The predicted molar refractivity (Wildman–Crippen MR) is 138 cm³/mol. The van der Waals surface area contributed by atoms with E-state index in [9.17, 15) is 9.90 Å². The fourth-order valence-corrected chi connectivity index (χ4v) is 4.68. The minimum Gasteiger partial charge on any atom is -0.507 e. The van der Waals surface area contributed by atoms with Gasteiger partial charge in [0.15, 0.2) is 5.75 Å². The number of pyridine rings is 1. The van der Waals surface area contributed by atoms with Crippen LogP contribution in [0.4, 0.5) is 0 Å². The molecule has 0 fully saturated rings. The molecule has 1 aromatic heterocycles. The first kappa shape index (κ1) is 25.0. The van der Waals surface area contributed by atoms with Gasteiger partial charge in [-0.2, -0.15) is 0 Å². The highest BCUT2D eigenvalue weighted by Crippen LogP contribution is 2.42. The molecule has 172 valence electrons. The lowest BCUT2D eigenvalue weighted by atomic mass is 9.98. The molecule has 0 aliphatic carbocycles. The van der Waals surface area contributed by atoms with Crippen LogP contribution in [0, 0.1) is 0 Å². The molecule has 0 spiro atoms. The Balaban J connectivity index is 1.99. The van der Waals surface area contributed by atoms with Gasteiger partial charge in [-0.25, -0.2) is 0 Å². The number of phenolic OH excluding ortho intramolecular Hbond substituents is 1. The van der Waals surface area contributed by atoms with Crippen LogP contribution >= 0.6 is 31.9 Å². The zero-order chi connectivity index (χ0) is 24.1. The van der Waals surface area contributed by atoms with E-state index in [0.29, 0.717) is 26.0 Å². The molecular weight excluding hydrogens is 550 g/mol. The fraction of sp³-hybridized carbons (Fsp3) is 0.231. The Hall–Kier alpha value is -2.64. The highest BCUT2D eigenvalue weighted by molar-refractivity contribution is 9.11. The van der Waals surface area contributed by atoms with Crippen molar-refractivity contribution in [2.75, 3.05) is 7.11 Å². The summed E-state index contributed by atoms with van der Waals surface area (Å²) in [6.45, 7) is 5.82. The van der Waals surface area contributed by atoms with Crippen LogP contribution in [0.15, 0.2) is 57.7 Å². The molecule has 33 heavy (non-hydrogen) atoms. The van der Waals surface area contributed by atoms with Gasteiger partial charge in [0.2, 0.25) is 0 Å². The SMILES string of the molecule is COC(=O)C(C)c1cc(Br)c(Oc2cc(/C=C/c3ccncc3)c(O)c(C(C)C)c2)c(Br)c1. The Labute approximate surface area is 210 Å². The summed E-state index contributed by atoms with van der Waals surface area (Å²) in [7, 11) is 1.37. The number of ether oxygens (including phenoxy) is 2. The molecule has 0 saturated heterocycles.